The molecule has 1 N–H and O–H groups in total. The van der Waals surface area contributed by atoms with Gasteiger partial charge >= 0.3 is 5.97 Å². The smallest absolute Gasteiger partial charge is 0.337 e. The predicted octanol–water partition coefficient (Wildman–Crippen LogP) is 4.21. The number of dihydropyridines is 1. The fourth-order valence-electron chi connectivity index (χ4n) is 3.55. The van der Waals surface area contributed by atoms with Gasteiger partial charge in [0.25, 0.3) is 0 Å². The molecular formula is C20H22INO3. The predicted molar refractivity (Wildman–Crippen MR) is 105 cm³/mol. The fraction of sp³-hybridized carbons (Fsp3) is 0.400. The summed E-state index contributed by atoms with van der Waals surface area (Å²) < 4.78 is 6.54. The van der Waals surface area contributed by atoms with Crippen LogP contribution < -0.4 is 5.32 Å². The summed E-state index contributed by atoms with van der Waals surface area (Å²) in [6, 6.07) is 7.92. The van der Waals surface area contributed by atoms with E-state index in [4.69, 9.17) is 4.74 Å². The van der Waals surface area contributed by atoms with E-state index in [1.54, 1.807) is 0 Å². The van der Waals surface area contributed by atoms with E-state index in [0.717, 1.165) is 38.9 Å². The second-order valence-corrected chi connectivity index (χ2v) is 7.90. The number of ether oxygens (including phenoxy) is 1. The van der Waals surface area contributed by atoms with Gasteiger partial charge in [-0.25, -0.2) is 4.79 Å². The van der Waals surface area contributed by atoms with Crippen molar-refractivity contribution in [2.24, 2.45) is 0 Å². The minimum absolute atomic E-state index is 0.126. The Morgan fingerprint density at radius 3 is 2.68 bits per heavy atom. The summed E-state index contributed by atoms with van der Waals surface area (Å²) in [5, 5.41) is 3.31. The van der Waals surface area contributed by atoms with Crippen molar-refractivity contribution in [2.75, 3.05) is 0 Å². The molecule has 0 bridgehead atoms. The van der Waals surface area contributed by atoms with Crippen LogP contribution in [-0.4, -0.2) is 17.9 Å². The number of allylic oxidation sites excluding steroid dienone is 3. The first kappa shape index (κ1) is 18.2. The molecule has 0 aromatic heterocycles. The Morgan fingerprint density at radius 2 is 2.00 bits per heavy atom. The summed E-state index contributed by atoms with van der Waals surface area (Å²) in [6.45, 7) is 5.56. The third-order valence-electron chi connectivity index (χ3n) is 4.55. The highest BCUT2D eigenvalue weighted by Gasteiger charge is 2.39. The van der Waals surface area contributed by atoms with Crippen LogP contribution in [-0.2, 0) is 14.3 Å². The summed E-state index contributed by atoms with van der Waals surface area (Å²) in [5.41, 5.74) is 4.01. The third kappa shape index (κ3) is 3.52. The molecular weight excluding hydrogens is 429 g/mol. The number of halogens is 1. The number of carbonyl (C=O) groups excluding carboxylic acids is 2. The lowest BCUT2D eigenvalue weighted by Gasteiger charge is -2.34. The Hall–Kier alpha value is -1.63. The molecule has 1 aliphatic heterocycles. The van der Waals surface area contributed by atoms with Gasteiger partial charge in [0.2, 0.25) is 0 Å². The van der Waals surface area contributed by atoms with Gasteiger partial charge in [0, 0.05) is 32.9 Å². The van der Waals surface area contributed by atoms with E-state index in [1.165, 1.54) is 0 Å². The molecule has 132 valence electrons. The monoisotopic (exact) mass is 451 g/mol. The number of Topliss-reactive ketones (excluding diaryl/α,β-unsaturated/α-hetero) is 1. The second-order valence-electron chi connectivity index (χ2n) is 6.74. The molecule has 25 heavy (non-hydrogen) atoms. The second kappa shape index (κ2) is 7.32. The number of hydrogen-bond acceptors (Lipinski definition) is 4. The van der Waals surface area contributed by atoms with Gasteiger partial charge in [-0.15, -0.1) is 0 Å². The van der Waals surface area contributed by atoms with Gasteiger partial charge in [0.15, 0.2) is 5.78 Å². The number of benzene rings is 1. The SMILES string of the molecule is CC1=C(C(=O)OC(C)C)C(c2ccccc2I)C2=C(CCCC2=O)N1. The number of rotatable bonds is 3. The Balaban J connectivity index is 2.17. The first-order valence-electron chi connectivity index (χ1n) is 8.59. The molecule has 0 fully saturated rings. The number of ketones is 1. The van der Waals surface area contributed by atoms with Gasteiger partial charge in [-0.3, -0.25) is 4.79 Å². The molecule has 1 aliphatic carbocycles. The van der Waals surface area contributed by atoms with E-state index in [2.05, 4.69) is 27.9 Å². The maximum atomic E-state index is 12.8. The van der Waals surface area contributed by atoms with Crippen LogP contribution in [0.5, 0.6) is 0 Å². The molecule has 1 heterocycles. The fourth-order valence-corrected chi connectivity index (χ4v) is 4.25. The number of esters is 1. The minimum atomic E-state index is -0.358. The van der Waals surface area contributed by atoms with Crippen LogP contribution in [0.15, 0.2) is 46.8 Å². The molecule has 5 heteroatoms. The summed E-state index contributed by atoms with van der Waals surface area (Å²) in [6.07, 6.45) is 2.01. The van der Waals surface area contributed by atoms with Crippen molar-refractivity contribution in [3.63, 3.8) is 0 Å². The number of hydrogen-bond donors (Lipinski definition) is 1. The molecule has 3 rings (SSSR count). The van der Waals surface area contributed by atoms with Gasteiger partial charge in [0.1, 0.15) is 0 Å². The number of carbonyl (C=O) groups is 2. The zero-order chi connectivity index (χ0) is 18.1. The van der Waals surface area contributed by atoms with Crippen LogP contribution in [0.2, 0.25) is 0 Å². The summed E-state index contributed by atoms with van der Waals surface area (Å²) in [5.74, 6) is -0.585. The molecule has 0 radical (unpaired) electrons. The molecule has 1 aromatic carbocycles. The molecule has 0 amide bonds. The highest BCUT2D eigenvalue weighted by molar-refractivity contribution is 14.1. The molecule has 2 aliphatic rings. The Morgan fingerprint density at radius 1 is 1.28 bits per heavy atom. The largest absolute Gasteiger partial charge is 0.460 e. The maximum absolute atomic E-state index is 12.8. The molecule has 1 unspecified atom stereocenters. The highest BCUT2D eigenvalue weighted by Crippen LogP contribution is 2.43. The maximum Gasteiger partial charge on any atom is 0.337 e. The first-order valence-corrected chi connectivity index (χ1v) is 9.67. The van der Waals surface area contributed by atoms with Crippen molar-refractivity contribution < 1.29 is 14.3 Å². The van der Waals surface area contributed by atoms with E-state index < -0.39 is 0 Å². The average molecular weight is 451 g/mol. The van der Waals surface area contributed by atoms with Crippen molar-refractivity contribution >= 4 is 34.3 Å². The van der Waals surface area contributed by atoms with Crippen LogP contribution in [0.25, 0.3) is 0 Å². The lowest BCUT2D eigenvalue weighted by Crippen LogP contribution is -2.35. The summed E-state index contributed by atoms with van der Waals surface area (Å²) in [7, 11) is 0. The minimum Gasteiger partial charge on any atom is -0.460 e. The zero-order valence-electron chi connectivity index (χ0n) is 14.7. The van der Waals surface area contributed by atoms with Crippen LogP contribution in [0.4, 0.5) is 0 Å². The van der Waals surface area contributed by atoms with E-state index in [9.17, 15) is 9.59 Å². The quantitative estimate of drug-likeness (QED) is 0.553. The Labute approximate surface area is 161 Å². The van der Waals surface area contributed by atoms with Crippen LogP contribution in [0, 0.1) is 3.57 Å². The highest BCUT2D eigenvalue weighted by atomic mass is 127. The van der Waals surface area contributed by atoms with E-state index in [-0.39, 0.29) is 23.8 Å². The summed E-state index contributed by atoms with van der Waals surface area (Å²) >= 11 is 2.27. The molecule has 4 nitrogen and oxygen atoms in total. The lowest BCUT2D eigenvalue weighted by atomic mass is 9.75. The van der Waals surface area contributed by atoms with Crippen LogP contribution in [0.1, 0.15) is 51.5 Å². The first-order chi connectivity index (χ1) is 11.9. The van der Waals surface area contributed by atoms with Gasteiger partial charge in [-0.1, -0.05) is 18.2 Å². The normalized spacial score (nSPS) is 20.5. The third-order valence-corrected chi connectivity index (χ3v) is 5.54. The van der Waals surface area contributed by atoms with Crippen molar-refractivity contribution in [3.8, 4) is 0 Å². The molecule has 0 saturated heterocycles. The Bertz CT molecular complexity index is 792. The van der Waals surface area contributed by atoms with E-state index in [1.807, 2.05) is 45.0 Å². The van der Waals surface area contributed by atoms with Gasteiger partial charge in [0.05, 0.1) is 11.7 Å². The molecule has 1 aromatic rings. The van der Waals surface area contributed by atoms with Crippen molar-refractivity contribution in [1.82, 2.24) is 5.32 Å². The van der Waals surface area contributed by atoms with Crippen LogP contribution in [0.3, 0.4) is 0 Å². The van der Waals surface area contributed by atoms with Crippen molar-refractivity contribution in [3.05, 3.63) is 55.9 Å². The standard InChI is InChI=1S/C20H22INO3/c1-11(2)25-20(24)17-12(3)22-15-9-6-10-16(23)19(15)18(17)13-7-4-5-8-14(13)21/h4-5,7-8,11,18,22H,6,9-10H2,1-3H3. The average Bonchev–Trinajstić information content (AvgIpc) is 2.53. The van der Waals surface area contributed by atoms with Crippen molar-refractivity contribution in [1.29, 1.82) is 0 Å². The van der Waals surface area contributed by atoms with Crippen LogP contribution >= 0.6 is 22.6 Å². The molecule has 1 atom stereocenters. The van der Waals surface area contributed by atoms with Gasteiger partial charge in [-0.2, -0.15) is 0 Å². The lowest BCUT2D eigenvalue weighted by molar-refractivity contribution is -0.143. The molecule has 0 saturated carbocycles. The van der Waals surface area contributed by atoms with Gasteiger partial charge < -0.3 is 10.1 Å². The van der Waals surface area contributed by atoms with Crippen molar-refractivity contribution in [2.45, 2.75) is 52.1 Å². The summed E-state index contributed by atoms with van der Waals surface area (Å²) in [4.78, 5) is 25.6. The Kier molecular flexibility index (Phi) is 5.32. The number of nitrogens with one attached hydrogen (secondary N) is 1. The van der Waals surface area contributed by atoms with E-state index in [0.29, 0.717) is 12.0 Å². The topological polar surface area (TPSA) is 55.4 Å². The molecule has 0 spiro atoms. The van der Waals surface area contributed by atoms with E-state index >= 15 is 0 Å². The van der Waals surface area contributed by atoms with Gasteiger partial charge in [-0.05, 0) is 67.8 Å². The zero-order valence-corrected chi connectivity index (χ0v) is 16.8.